The van der Waals surface area contributed by atoms with Gasteiger partial charge < -0.3 is 10.8 Å². The van der Waals surface area contributed by atoms with E-state index >= 15 is 0 Å². The lowest BCUT2D eigenvalue weighted by molar-refractivity contribution is -0.106. The number of hydrogen-bond donors (Lipinski definition) is 2. The van der Waals surface area contributed by atoms with Gasteiger partial charge in [0, 0.05) is 12.0 Å². The molecule has 1 unspecified atom stereocenters. The van der Waals surface area contributed by atoms with E-state index in [0.29, 0.717) is 6.54 Å². The van der Waals surface area contributed by atoms with Crippen LogP contribution in [0.3, 0.4) is 0 Å². The lowest BCUT2D eigenvalue weighted by Crippen LogP contribution is -2.53. The van der Waals surface area contributed by atoms with Crippen molar-refractivity contribution in [1.82, 2.24) is 0 Å². The maximum Gasteiger partial charge on any atom is 0.0690 e. The minimum Gasteiger partial charge on any atom is -0.390 e. The zero-order valence-corrected chi connectivity index (χ0v) is 10.7. The molecular formula is C14H27NO. The van der Waals surface area contributed by atoms with Crippen LogP contribution in [0.15, 0.2) is 0 Å². The highest BCUT2D eigenvalue weighted by atomic mass is 16.3. The van der Waals surface area contributed by atoms with E-state index in [1.54, 1.807) is 0 Å². The van der Waals surface area contributed by atoms with Gasteiger partial charge in [-0.2, -0.15) is 0 Å². The minimum atomic E-state index is -0.534. The Bertz CT molecular complexity index is 227. The second-order valence-electron chi connectivity index (χ2n) is 6.32. The van der Waals surface area contributed by atoms with Crippen molar-refractivity contribution in [1.29, 1.82) is 0 Å². The highest BCUT2D eigenvalue weighted by Gasteiger charge is 2.47. The number of aliphatic hydroxyl groups is 1. The summed E-state index contributed by atoms with van der Waals surface area (Å²) in [5, 5.41) is 10.8. The second kappa shape index (κ2) is 4.66. The van der Waals surface area contributed by atoms with E-state index in [9.17, 15) is 5.11 Å². The Kier molecular flexibility index (Phi) is 3.60. The lowest BCUT2D eigenvalue weighted by atomic mass is 9.60. The molecule has 2 nitrogen and oxygen atoms in total. The summed E-state index contributed by atoms with van der Waals surface area (Å²) in [5.41, 5.74) is 5.48. The van der Waals surface area contributed by atoms with Crippen LogP contribution in [0.2, 0.25) is 0 Å². The smallest absolute Gasteiger partial charge is 0.0690 e. The quantitative estimate of drug-likeness (QED) is 0.773. The van der Waals surface area contributed by atoms with Crippen LogP contribution < -0.4 is 5.73 Å². The molecule has 2 saturated carbocycles. The molecule has 0 radical (unpaired) electrons. The van der Waals surface area contributed by atoms with Crippen molar-refractivity contribution in [2.75, 3.05) is 6.54 Å². The summed E-state index contributed by atoms with van der Waals surface area (Å²) in [4.78, 5) is 0. The average molecular weight is 225 g/mol. The predicted octanol–water partition coefficient (Wildman–Crippen LogP) is 2.84. The first-order chi connectivity index (χ1) is 7.60. The Balaban J connectivity index is 2.04. The molecule has 0 spiro atoms. The van der Waals surface area contributed by atoms with Gasteiger partial charge in [0.15, 0.2) is 0 Å². The summed E-state index contributed by atoms with van der Waals surface area (Å²) in [6, 6.07) is 0. The van der Waals surface area contributed by atoms with E-state index in [-0.39, 0.29) is 5.41 Å². The Labute approximate surface area is 99.6 Å². The molecule has 0 aromatic carbocycles. The van der Waals surface area contributed by atoms with Crippen LogP contribution in [0.1, 0.15) is 64.7 Å². The maximum atomic E-state index is 10.8. The van der Waals surface area contributed by atoms with Crippen molar-refractivity contribution in [3.8, 4) is 0 Å². The molecule has 0 aliphatic heterocycles. The molecule has 2 heteroatoms. The molecular weight excluding hydrogens is 198 g/mol. The normalized spacial score (nSPS) is 29.4. The monoisotopic (exact) mass is 225 g/mol. The van der Waals surface area contributed by atoms with Gasteiger partial charge in [-0.05, 0) is 32.1 Å². The highest BCUT2D eigenvalue weighted by molar-refractivity contribution is 5.00. The third-order valence-electron chi connectivity index (χ3n) is 5.25. The van der Waals surface area contributed by atoms with Crippen LogP contribution >= 0.6 is 0 Å². The molecule has 0 heterocycles. The van der Waals surface area contributed by atoms with Gasteiger partial charge in [-0.15, -0.1) is 0 Å². The predicted molar refractivity (Wildman–Crippen MR) is 67.2 cm³/mol. The molecule has 2 aliphatic carbocycles. The van der Waals surface area contributed by atoms with Crippen LogP contribution in [0.4, 0.5) is 0 Å². The van der Waals surface area contributed by atoms with Gasteiger partial charge in [0.05, 0.1) is 5.60 Å². The van der Waals surface area contributed by atoms with Gasteiger partial charge in [-0.1, -0.05) is 38.5 Å². The first kappa shape index (κ1) is 12.4. The summed E-state index contributed by atoms with van der Waals surface area (Å²) >= 11 is 0. The lowest BCUT2D eigenvalue weighted by Gasteiger charge is -2.49. The second-order valence-corrected chi connectivity index (χ2v) is 6.32. The zero-order chi connectivity index (χ0) is 11.6. The molecule has 2 rings (SSSR count). The largest absolute Gasteiger partial charge is 0.390 e. The van der Waals surface area contributed by atoms with Gasteiger partial charge in [0.1, 0.15) is 0 Å². The number of hydrogen-bond acceptors (Lipinski definition) is 2. The van der Waals surface area contributed by atoms with E-state index in [1.165, 1.54) is 38.5 Å². The van der Waals surface area contributed by atoms with E-state index in [4.69, 9.17) is 5.73 Å². The summed E-state index contributed by atoms with van der Waals surface area (Å²) in [7, 11) is 0. The Morgan fingerprint density at radius 3 is 2.25 bits per heavy atom. The highest BCUT2D eigenvalue weighted by Crippen LogP contribution is 2.48. The Morgan fingerprint density at radius 1 is 1.19 bits per heavy atom. The van der Waals surface area contributed by atoms with Crippen molar-refractivity contribution in [3.05, 3.63) is 0 Å². The fourth-order valence-electron chi connectivity index (χ4n) is 3.67. The van der Waals surface area contributed by atoms with Gasteiger partial charge in [-0.25, -0.2) is 0 Å². The Morgan fingerprint density at radius 2 is 1.81 bits per heavy atom. The van der Waals surface area contributed by atoms with Crippen LogP contribution in [0.5, 0.6) is 0 Å². The average Bonchev–Trinajstić information content (AvgIpc) is 2.24. The molecule has 1 atom stereocenters. The fourth-order valence-corrected chi connectivity index (χ4v) is 3.67. The molecule has 2 fully saturated rings. The van der Waals surface area contributed by atoms with Gasteiger partial charge in [0.2, 0.25) is 0 Å². The van der Waals surface area contributed by atoms with Crippen molar-refractivity contribution in [3.63, 3.8) is 0 Å². The molecule has 0 saturated heterocycles. The molecule has 2 aliphatic rings. The van der Waals surface area contributed by atoms with Crippen LogP contribution in [-0.2, 0) is 0 Å². The SMILES string of the molecule is CC(O)(CC1CCC1)C1(CN)CCCCC1. The summed E-state index contributed by atoms with van der Waals surface area (Å²) in [5.74, 6) is 0.764. The third-order valence-corrected chi connectivity index (χ3v) is 5.25. The number of nitrogens with two attached hydrogens (primary N) is 1. The molecule has 0 bridgehead atoms. The summed E-state index contributed by atoms with van der Waals surface area (Å²) in [6.07, 6.45) is 11.0. The molecule has 16 heavy (non-hydrogen) atoms. The summed E-state index contributed by atoms with van der Waals surface area (Å²) in [6.45, 7) is 2.70. The zero-order valence-electron chi connectivity index (χ0n) is 10.7. The number of rotatable bonds is 4. The van der Waals surface area contributed by atoms with Crippen molar-refractivity contribution in [2.24, 2.45) is 17.1 Å². The maximum absolute atomic E-state index is 10.8. The molecule has 0 amide bonds. The Hall–Kier alpha value is -0.0800. The van der Waals surface area contributed by atoms with E-state index in [2.05, 4.69) is 0 Å². The molecule has 3 N–H and O–H groups in total. The van der Waals surface area contributed by atoms with Crippen molar-refractivity contribution in [2.45, 2.75) is 70.3 Å². The van der Waals surface area contributed by atoms with Crippen LogP contribution in [0.25, 0.3) is 0 Å². The first-order valence-electron chi connectivity index (χ1n) is 7.02. The molecule has 94 valence electrons. The third kappa shape index (κ3) is 2.14. The van der Waals surface area contributed by atoms with Gasteiger partial charge in [0.25, 0.3) is 0 Å². The van der Waals surface area contributed by atoms with Crippen LogP contribution in [0, 0.1) is 11.3 Å². The summed E-state index contributed by atoms with van der Waals surface area (Å²) < 4.78 is 0. The minimum absolute atomic E-state index is 0.0147. The fraction of sp³-hybridized carbons (Fsp3) is 1.00. The first-order valence-corrected chi connectivity index (χ1v) is 7.02. The van der Waals surface area contributed by atoms with Crippen molar-refractivity contribution < 1.29 is 5.11 Å². The van der Waals surface area contributed by atoms with Gasteiger partial charge in [-0.3, -0.25) is 0 Å². The van der Waals surface area contributed by atoms with Gasteiger partial charge >= 0.3 is 0 Å². The standard InChI is InChI=1S/C14H27NO/c1-13(16,10-12-6-5-7-12)14(11-15)8-3-2-4-9-14/h12,16H,2-11,15H2,1H3. The van der Waals surface area contributed by atoms with E-state index in [1.807, 2.05) is 6.92 Å². The molecule has 0 aromatic rings. The van der Waals surface area contributed by atoms with Crippen LogP contribution in [-0.4, -0.2) is 17.3 Å². The topological polar surface area (TPSA) is 46.2 Å². The van der Waals surface area contributed by atoms with E-state index in [0.717, 1.165) is 25.2 Å². The van der Waals surface area contributed by atoms with Crippen molar-refractivity contribution >= 4 is 0 Å². The molecule has 0 aromatic heterocycles. The van der Waals surface area contributed by atoms with E-state index < -0.39 is 5.60 Å².